The molecule has 276 valence electrons. The SMILES string of the molecule is COc1ccc(C(OC[C@H]2O[C@@H](n3ccc(=O)[nH]c3=O)[C@H](OC(=O)NCCNC(=O)C(F)(F)F)[C@H]2O)(c2ccccc2)c2ccc(OC)cc2)cc1. The fourth-order valence-corrected chi connectivity index (χ4v) is 5.72. The molecular weight excluding hydrogens is 693 g/mol. The molecule has 52 heavy (non-hydrogen) atoms. The van der Waals surface area contributed by atoms with Crippen LogP contribution in [-0.2, 0) is 24.6 Å². The third-order valence-electron chi connectivity index (χ3n) is 8.26. The molecule has 0 saturated carbocycles. The first-order valence-corrected chi connectivity index (χ1v) is 15.8. The molecule has 4 aromatic rings. The Morgan fingerprint density at radius 3 is 1.94 bits per heavy atom. The third-order valence-corrected chi connectivity index (χ3v) is 8.26. The lowest BCUT2D eigenvalue weighted by Crippen LogP contribution is -2.44. The fraction of sp³-hybridized carbons (Fsp3) is 0.314. The van der Waals surface area contributed by atoms with Gasteiger partial charge < -0.3 is 39.4 Å². The molecule has 0 radical (unpaired) electrons. The van der Waals surface area contributed by atoms with Crippen molar-refractivity contribution in [2.75, 3.05) is 33.9 Å². The Morgan fingerprint density at radius 1 is 0.846 bits per heavy atom. The summed E-state index contributed by atoms with van der Waals surface area (Å²) in [6.07, 6.45) is -11.2. The van der Waals surface area contributed by atoms with E-state index in [9.17, 15) is 37.5 Å². The van der Waals surface area contributed by atoms with Gasteiger partial charge in [0.15, 0.2) is 12.3 Å². The number of alkyl carbamates (subject to hydrolysis) is 1. The van der Waals surface area contributed by atoms with E-state index in [0.29, 0.717) is 28.2 Å². The average Bonchev–Trinajstić information content (AvgIpc) is 3.44. The highest BCUT2D eigenvalue weighted by Crippen LogP contribution is 2.43. The van der Waals surface area contributed by atoms with E-state index in [2.05, 4.69) is 10.3 Å². The molecule has 0 unspecified atom stereocenters. The molecule has 4 atom stereocenters. The number of rotatable bonds is 13. The Hall–Kier alpha value is -5.65. The second kappa shape index (κ2) is 16.1. The lowest BCUT2D eigenvalue weighted by molar-refractivity contribution is -0.173. The number of aliphatic hydroxyl groups is 1. The number of carbonyl (C=O) groups is 2. The number of alkyl halides is 3. The van der Waals surface area contributed by atoms with Gasteiger partial charge in [-0.2, -0.15) is 13.2 Å². The van der Waals surface area contributed by atoms with Gasteiger partial charge in [-0.25, -0.2) is 9.59 Å². The van der Waals surface area contributed by atoms with Gasteiger partial charge in [-0.15, -0.1) is 0 Å². The Morgan fingerprint density at radius 2 is 1.40 bits per heavy atom. The predicted octanol–water partition coefficient (Wildman–Crippen LogP) is 2.59. The monoisotopic (exact) mass is 728 g/mol. The summed E-state index contributed by atoms with van der Waals surface area (Å²) in [5, 5.41) is 15.3. The van der Waals surface area contributed by atoms with E-state index in [1.165, 1.54) is 14.2 Å². The van der Waals surface area contributed by atoms with Crippen LogP contribution < -0.4 is 31.4 Å². The number of halogens is 3. The summed E-state index contributed by atoms with van der Waals surface area (Å²) in [6, 6.07) is 24.5. The van der Waals surface area contributed by atoms with Gasteiger partial charge in [0.05, 0.1) is 20.8 Å². The summed E-state index contributed by atoms with van der Waals surface area (Å²) < 4.78 is 67.5. The largest absolute Gasteiger partial charge is 0.497 e. The quantitative estimate of drug-likeness (QED) is 0.118. The van der Waals surface area contributed by atoms with E-state index < -0.39 is 72.7 Å². The van der Waals surface area contributed by atoms with E-state index >= 15 is 0 Å². The van der Waals surface area contributed by atoms with E-state index in [0.717, 1.165) is 16.8 Å². The van der Waals surface area contributed by atoms with Gasteiger partial charge in [-0.05, 0) is 41.0 Å². The number of aromatic amines is 1. The number of hydrogen-bond donors (Lipinski definition) is 4. The number of amides is 2. The average molecular weight is 729 g/mol. The second-order valence-corrected chi connectivity index (χ2v) is 11.4. The number of H-pyrrole nitrogens is 1. The number of carbonyl (C=O) groups excluding carboxylic acids is 2. The van der Waals surface area contributed by atoms with Crippen LogP contribution >= 0.6 is 0 Å². The topological polar surface area (TPSA) is 179 Å². The Bertz CT molecular complexity index is 1890. The van der Waals surface area contributed by atoms with Gasteiger partial charge in [0, 0.05) is 25.4 Å². The molecule has 3 aromatic carbocycles. The molecule has 0 spiro atoms. The number of nitrogens with one attached hydrogen (secondary N) is 3. The van der Waals surface area contributed by atoms with E-state index in [4.69, 9.17) is 23.7 Å². The molecule has 14 nitrogen and oxygen atoms in total. The molecule has 0 bridgehead atoms. The highest BCUT2D eigenvalue weighted by molar-refractivity contribution is 5.81. The van der Waals surface area contributed by atoms with Crippen LogP contribution in [0.1, 0.15) is 22.9 Å². The molecular formula is C35H35F3N4O10. The van der Waals surface area contributed by atoms with Crippen molar-refractivity contribution in [3.63, 3.8) is 0 Å². The van der Waals surface area contributed by atoms with Gasteiger partial charge in [0.2, 0.25) is 0 Å². The lowest BCUT2D eigenvalue weighted by Gasteiger charge is -2.37. The normalized spacial score (nSPS) is 18.7. The van der Waals surface area contributed by atoms with Crippen molar-refractivity contribution in [3.05, 3.63) is 129 Å². The van der Waals surface area contributed by atoms with Gasteiger partial charge >= 0.3 is 23.9 Å². The fourth-order valence-electron chi connectivity index (χ4n) is 5.72. The minimum absolute atomic E-state index is 0.353. The van der Waals surface area contributed by atoms with E-state index in [1.807, 2.05) is 54.6 Å². The summed E-state index contributed by atoms with van der Waals surface area (Å²) in [5.74, 6) is -1.02. The van der Waals surface area contributed by atoms with Crippen LogP contribution in [0.3, 0.4) is 0 Å². The van der Waals surface area contributed by atoms with Crippen LogP contribution in [0.5, 0.6) is 11.5 Å². The maximum absolute atomic E-state index is 12.8. The number of methoxy groups -OCH3 is 2. The number of aliphatic hydroxyl groups excluding tert-OH is 1. The first-order chi connectivity index (χ1) is 24.9. The molecule has 1 aliphatic rings. The zero-order chi connectivity index (χ0) is 37.5. The molecule has 5 rings (SSSR count). The Labute approximate surface area is 294 Å². The zero-order valence-corrected chi connectivity index (χ0v) is 27.8. The van der Waals surface area contributed by atoms with Crippen molar-refractivity contribution in [2.24, 2.45) is 0 Å². The molecule has 1 fully saturated rings. The van der Waals surface area contributed by atoms with E-state index in [1.54, 1.807) is 29.6 Å². The van der Waals surface area contributed by atoms with Crippen LogP contribution in [0.4, 0.5) is 18.0 Å². The Balaban J connectivity index is 1.46. The summed E-state index contributed by atoms with van der Waals surface area (Å²) in [4.78, 5) is 50.5. The third kappa shape index (κ3) is 8.28. The van der Waals surface area contributed by atoms with E-state index in [-0.39, 0.29) is 6.61 Å². The summed E-state index contributed by atoms with van der Waals surface area (Å²) in [6.45, 7) is -1.41. The highest BCUT2D eigenvalue weighted by atomic mass is 19.4. The van der Waals surface area contributed by atoms with Crippen molar-refractivity contribution in [1.82, 2.24) is 20.2 Å². The summed E-state index contributed by atoms with van der Waals surface area (Å²) >= 11 is 0. The molecule has 0 aliphatic carbocycles. The Kier molecular flexibility index (Phi) is 11.7. The molecule has 4 N–H and O–H groups in total. The van der Waals surface area contributed by atoms with Gasteiger partial charge in [-0.1, -0.05) is 54.6 Å². The van der Waals surface area contributed by atoms with Gasteiger partial charge in [0.25, 0.3) is 5.56 Å². The first-order valence-electron chi connectivity index (χ1n) is 15.8. The van der Waals surface area contributed by atoms with Crippen LogP contribution in [0.25, 0.3) is 0 Å². The number of nitrogens with zero attached hydrogens (tertiary/aromatic N) is 1. The van der Waals surface area contributed by atoms with Crippen molar-refractivity contribution in [1.29, 1.82) is 0 Å². The smallest absolute Gasteiger partial charge is 0.471 e. The van der Waals surface area contributed by atoms with Crippen molar-refractivity contribution >= 4 is 12.0 Å². The number of hydrogen-bond acceptors (Lipinski definition) is 10. The molecule has 2 amide bonds. The maximum atomic E-state index is 12.8. The van der Waals surface area contributed by atoms with Crippen molar-refractivity contribution in [3.8, 4) is 11.5 Å². The zero-order valence-electron chi connectivity index (χ0n) is 27.8. The van der Waals surface area contributed by atoms with Gasteiger partial charge in [0.1, 0.15) is 29.3 Å². The minimum Gasteiger partial charge on any atom is -0.497 e. The van der Waals surface area contributed by atoms with Crippen molar-refractivity contribution < 1.29 is 51.6 Å². The first kappa shape index (κ1) is 37.6. The molecule has 1 aromatic heterocycles. The molecule has 17 heteroatoms. The number of benzene rings is 3. The van der Waals surface area contributed by atoms with Crippen LogP contribution in [0.15, 0.2) is 101 Å². The molecule has 2 heterocycles. The van der Waals surface area contributed by atoms with Crippen molar-refractivity contribution in [2.45, 2.75) is 36.3 Å². The van der Waals surface area contributed by atoms with Crippen LogP contribution in [0.2, 0.25) is 0 Å². The van der Waals surface area contributed by atoms with Crippen LogP contribution in [-0.4, -0.2) is 85.1 Å². The van der Waals surface area contributed by atoms with Gasteiger partial charge in [-0.3, -0.25) is 19.1 Å². The summed E-state index contributed by atoms with van der Waals surface area (Å²) in [7, 11) is 3.07. The highest BCUT2D eigenvalue weighted by Gasteiger charge is 2.49. The minimum atomic E-state index is -5.11. The lowest BCUT2D eigenvalue weighted by atomic mass is 9.80. The number of aromatic nitrogens is 2. The van der Waals surface area contributed by atoms with Crippen LogP contribution in [0, 0.1) is 0 Å². The predicted molar refractivity (Wildman–Crippen MR) is 177 cm³/mol. The maximum Gasteiger partial charge on any atom is 0.471 e. The standard InChI is InChI=1S/C35H35F3N4O10/c1-48-24-12-8-22(9-13-24)34(21-6-4-3-5-7-21,23-10-14-25(49-2)15-11-23)50-20-26-28(44)29(30(51-26)42-19-16-27(43)41-32(42)46)52-33(47)40-18-17-39-31(45)35(36,37)38/h3-16,19,26,28-30,44H,17-18,20H2,1-2H3,(H,39,45)(H,40,47)(H,41,43,46)/t26-,28+,29-,30-/m1/s1. The number of ether oxygens (including phenoxy) is 5. The second-order valence-electron chi connectivity index (χ2n) is 11.4. The molecule has 1 aliphatic heterocycles. The molecule has 1 saturated heterocycles. The summed E-state index contributed by atoms with van der Waals surface area (Å²) in [5.41, 5.74) is -0.987.